The predicted molar refractivity (Wildman–Crippen MR) is 274 cm³/mol. The van der Waals surface area contributed by atoms with Crippen LogP contribution in [0.15, 0.2) is 247 Å². The number of hydrogen-bond acceptors (Lipinski definition) is 2. The molecule has 3 nitrogen and oxygen atoms in total. The van der Waals surface area contributed by atoms with Gasteiger partial charge in [0.05, 0.1) is 33.1 Å². The molecule has 0 atom stereocenters. The van der Waals surface area contributed by atoms with Crippen molar-refractivity contribution < 1.29 is 15.4 Å². The molecule has 0 unspecified atom stereocenters. The van der Waals surface area contributed by atoms with Crippen LogP contribution in [0.5, 0.6) is 0 Å². The van der Waals surface area contributed by atoms with Crippen LogP contribution in [0.3, 0.4) is 0 Å². The van der Waals surface area contributed by atoms with E-state index in [0.717, 1.165) is 60.2 Å². The molecule has 304 valence electrons. The lowest BCUT2D eigenvalue weighted by Gasteiger charge is -2.26. The number of para-hydroxylation sites is 2. The molecule has 0 aliphatic carbocycles. The minimum atomic E-state index is -0.431. The van der Waals surface area contributed by atoms with Crippen LogP contribution >= 0.6 is 0 Å². The quantitative estimate of drug-likeness (QED) is 0.159. The van der Waals surface area contributed by atoms with Crippen LogP contribution in [-0.4, -0.2) is 4.57 Å². The summed E-state index contributed by atoms with van der Waals surface area (Å²) in [6.45, 7) is 0. The standard InChI is InChI=1S/C62H40N2O/c1-2-18-49(19-3-1)64-56-23-9-8-21-54(56)60-52(22-11-24-57(60)64)44-31-36-51(37-32-44)63(58-25-12-26-59-61(58)55-38-33-43-14-6-7-20-53(43)62(55)65-59)50-34-29-42(30-35-50)46-16-10-17-47(39-46)48-28-27-41-13-4-5-15-45(41)40-48/h1-40H/i29D,30D,31D,32D,34D,35D,36D,37D. The van der Waals surface area contributed by atoms with Gasteiger partial charge in [0.1, 0.15) is 11.2 Å². The lowest BCUT2D eigenvalue weighted by Crippen LogP contribution is -2.10. The Balaban J connectivity index is 1.07. The van der Waals surface area contributed by atoms with Crippen LogP contribution in [0.2, 0.25) is 0 Å². The Kier molecular flexibility index (Phi) is 6.84. The van der Waals surface area contributed by atoms with Gasteiger partial charge < -0.3 is 13.9 Å². The average Bonchev–Trinajstić information content (AvgIpc) is 3.99. The highest BCUT2D eigenvalue weighted by molar-refractivity contribution is 6.20. The maximum Gasteiger partial charge on any atom is 0.143 e. The van der Waals surface area contributed by atoms with Gasteiger partial charge in [-0.15, -0.1) is 0 Å². The molecule has 3 heteroatoms. The molecule has 2 heterocycles. The summed E-state index contributed by atoms with van der Waals surface area (Å²) in [6.07, 6.45) is 0. The van der Waals surface area contributed by atoms with Crippen molar-refractivity contribution >= 4 is 82.4 Å². The van der Waals surface area contributed by atoms with Gasteiger partial charge in [-0.2, -0.15) is 0 Å². The molecule has 0 saturated heterocycles. The number of furan rings is 1. The molecule has 13 aromatic rings. The molecule has 0 saturated carbocycles. The van der Waals surface area contributed by atoms with Crippen molar-refractivity contribution in [1.29, 1.82) is 0 Å². The lowest BCUT2D eigenvalue weighted by molar-refractivity contribution is 0.672. The van der Waals surface area contributed by atoms with E-state index in [9.17, 15) is 11.0 Å². The molecule has 11 aromatic carbocycles. The van der Waals surface area contributed by atoms with Gasteiger partial charge >= 0.3 is 0 Å². The van der Waals surface area contributed by atoms with Crippen LogP contribution in [-0.2, 0) is 0 Å². The van der Waals surface area contributed by atoms with E-state index in [-0.39, 0.29) is 46.7 Å². The zero-order valence-corrected chi connectivity index (χ0v) is 34.8. The molecule has 0 fully saturated rings. The maximum atomic E-state index is 10.0. The fourth-order valence-electron chi connectivity index (χ4n) is 9.49. The second-order valence-corrected chi connectivity index (χ2v) is 16.2. The number of hydrogen-bond donors (Lipinski definition) is 0. The van der Waals surface area contributed by atoms with E-state index in [4.69, 9.17) is 4.42 Å². The first-order valence-corrected chi connectivity index (χ1v) is 21.6. The van der Waals surface area contributed by atoms with Crippen LogP contribution in [0.4, 0.5) is 17.1 Å². The summed E-state index contributed by atoms with van der Waals surface area (Å²) in [6, 6.07) is 59.2. The fraction of sp³-hybridized carbons (Fsp3) is 0. The van der Waals surface area contributed by atoms with Crippen LogP contribution in [0.25, 0.3) is 104 Å². The van der Waals surface area contributed by atoms with Gasteiger partial charge in [0.15, 0.2) is 0 Å². The van der Waals surface area contributed by atoms with E-state index in [0.29, 0.717) is 38.8 Å². The van der Waals surface area contributed by atoms with E-state index in [2.05, 4.69) is 10.6 Å². The number of nitrogens with zero attached hydrogens (tertiary/aromatic N) is 2. The monoisotopic (exact) mass is 836 g/mol. The average molecular weight is 837 g/mol. The van der Waals surface area contributed by atoms with Crippen LogP contribution in [0, 0.1) is 0 Å². The van der Waals surface area contributed by atoms with Crippen LogP contribution in [0.1, 0.15) is 11.0 Å². The zero-order valence-electron chi connectivity index (χ0n) is 42.8. The summed E-state index contributed by atoms with van der Waals surface area (Å²) in [4.78, 5) is 1.38. The maximum absolute atomic E-state index is 10.0. The van der Waals surface area contributed by atoms with E-state index in [1.807, 2.05) is 164 Å². The molecule has 0 radical (unpaired) electrons. The van der Waals surface area contributed by atoms with E-state index in [1.54, 1.807) is 24.3 Å². The summed E-state index contributed by atoms with van der Waals surface area (Å²) in [5.41, 5.74) is 6.41. The Labute approximate surface area is 387 Å². The number of aromatic nitrogens is 1. The summed E-state index contributed by atoms with van der Waals surface area (Å²) in [7, 11) is 0. The zero-order chi connectivity index (χ0) is 49.8. The van der Waals surface area contributed by atoms with Gasteiger partial charge in [0.25, 0.3) is 0 Å². The van der Waals surface area contributed by atoms with Crippen molar-refractivity contribution in [3.05, 3.63) is 242 Å². The molecule has 0 spiro atoms. The van der Waals surface area contributed by atoms with E-state index >= 15 is 0 Å². The molecule has 0 aliphatic rings. The summed E-state index contributed by atoms with van der Waals surface area (Å²) < 4.78 is 87.8. The van der Waals surface area contributed by atoms with Gasteiger partial charge in [-0.3, -0.25) is 0 Å². The van der Waals surface area contributed by atoms with Crippen molar-refractivity contribution in [3.8, 4) is 39.1 Å². The molecule has 0 amide bonds. The Morgan fingerprint density at radius 1 is 0.385 bits per heavy atom. The highest BCUT2D eigenvalue weighted by Gasteiger charge is 2.22. The predicted octanol–water partition coefficient (Wildman–Crippen LogP) is 17.5. The SMILES string of the molecule is [2H]c1c([2H])c(N(c2c([2H])c([2H])c(-c3cccc4c3c3ccccc3n4-c3ccccc3)c([2H])c2[2H])c2cccc3oc4c5ccccc5ccc4c23)c([2H])c([2H])c1-c1cccc(-c2ccc3ccccc3c2)c1. The molecule has 0 N–H and O–H groups in total. The minimum Gasteiger partial charge on any atom is -0.455 e. The molecular formula is C62H40N2O. The minimum absolute atomic E-state index is 0.0810. The first kappa shape index (κ1) is 29.6. The first-order valence-electron chi connectivity index (χ1n) is 25.6. The normalized spacial score (nSPS) is 13.4. The highest BCUT2D eigenvalue weighted by atomic mass is 16.3. The van der Waals surface area contributed by atoms with Gasteiger partial charge in [0, 0.05) is 38.6 Å². The fourth-order valence-corrected chi connectivity index (χ4v) is 9.49. The third-order valence-electron chi connectivity index (χ3n) is 12.5. The Morgan fingerprint density at radius 2 is 1.00 bits per heavy atom. The van der Waals surface area contributed by atoms with Crippen molar-refractivity contribution in [2.75, 3.05) is 4.90 Å². The molecule has 65 heavy (non-hydrogen) atoms. The molecule has 2 aromatic heterocycles. The van der Waals surface area contributed by atoms with Crippen molar-refractivity contribution in [2.24, 2.45) is 0 Å². The number of benzene rings is 11. The molecule has 13 rings (SSSR count). The smallest absolute Gasteiger partial charge is 0.143 e. The topological polar surface area (TPSA) is 21.3 Å². The van der Waals surface area contributed by atoms with E-state index < -0.39 is 24.2 Å². The third-order valence-corrected chi connectivity index (χ3v) is 12.5. The Bertz CT molecular complexity index is 4390. The van der Waals surface area contributed by atoms with Gasteiger partial charge in [-0.25, -0.2) is 0 Å². The summed E-state index contributed by atoms with van der Waals surface area (Å²) in [5, 5.41) is 6.80. The lowest BCUT2D eigenvalue weighted by atomic mass is 9.97. The largest absolute Gasteiger partial charge is 0.455 e. The molecule has 0 aliphatic heterocycles. The van der Waals surface area contributed by atoms with Crippen molar-refractivity contribution in [3.63, 3.8) is 0 Å². The van der Waals surface area contributed by atoms with E-state index in [1.165, 1.54) is 4.90 Å². The number of rotatable bonds is 7. The van der Waals surface area contributed by atoms with Crippen molar-refractivity contribution in [1.82, 2.24) is 4.57 Å². The second kappa shape index (κ2) is 15.0. The number of anilines is 3. The van der Waals surface area contributed by atoms with Gasteiger partial charge in [-0.05, 0) is 128 Å². The highest BCUT2D eigenvalue weighted by Crippen LogP contribution is 2.46. The van der Waals surface area contributed by atoms with Crippen LogP contribution < -0.4 is 4.90 Å². The number of fused-ring (bicyclic) bond motifs is 9. The summed E-state index contributed by atoms with van der Waals surface area (Å²) >= 11 is 0. The molecular weight excluding hydrogens is 789 g/mol. The molecule has 0 bridgehead atoms. The Morgan fingerprint density at radius 3 is 1.82 bits per heavy atom. The van der Waals surface area contributed by atoms with Gasteiger partial charge in [0.2, 0.25) is 0 Å². The summed E-state index contributed by atoms with van der Waals surface area (Å²) in [5.74, 6) is 0. The van der Waals surface area contributed by atoms with Crippen molar-refractivity contribution in [2.45, 2.75) is 0 Å². The second-order valence-electron chi connectivity index (χ2n) is 16.2. The van der Waals surface area contributed by atoms with Gasteiger partial charge in [-0.1, -0.05) is 164 Å². The third kappa shape index (κ3) is 6.12. The first-order chi connectivity index (χ1) is 35.6. The Hall–Kier alpha value is -8.66.